The molecule has 0 atom stereocenters. The SMILES string of the molecule is CCNCCOc1c(F)cc(C(F)(F)F)cc1NC(=O)Nc1cccc(Oc2ccc3ncn(C)c(=O)c3c2)c1. The molecule has 0 radical (unpaired) electrons. The Balaban J connectivity index is 1.51. The van der Waals surface area contributed by atoms with Crippen LogP contribution in [0.3, 0.4) is 0 Å². The molecule has 0 fully saturated rings. The van der Waals surface area contributed by atoms with E-state index >= 15 is 0 Å². The Morgan fingerprint density at radius 2 is 1.82 bits per heavy atom. The number of anilines is 2. The summed E-state index contributed by atoms with van der Waals surface area (Å²) in [6, 6.07) is 10.9. The molecule has 0 aliphatic heterocycles. The molecule has 3 aromatic carbocycles. The summed E-state index contributed by atoms with van der Waals surface area (Å²) in [6.07, 6.45) is -3.43. The van der Waals surface area contributed by atoms with E-state index in [1.165, 1.54) is 29.1 Å². The molecular weight excluding hydrogens is 534 g/mol. The number of benzene rings is 3. The predicted octanol–water partition coefficient (Wildman–Crippen LogP) is 5.52. The van der Waals surface area contributed by atoms with E-state index in [0.29, 0.717) is 47.6 Å². The van der Waals surface area contributed by atoms with Gasteiger partial charge in [0.15, 0.2) is 11.6 Å². The Hall–Kier alpha value is -4.65. The molecule has 0 unspecified atom stereocenters. The van der Waals surface area contributed by atoms with Gasteiger partial charge in [0.1, 0.15) is 18.1 Å². The Kier molecular flexibility index (Phi) is 8.53. The van der Waals surface area contributed by atoms with Crippen LogP contribution < -0.4 is 31.0 Å². The number of halogens is 4. The average molecular weight is 560 g/mol. The van der Waals surface area contributed by atoms with Crippen molar-refractivity contribution in [2.75, 3.05) is 30.3 Å². The number of likely N-dealkylation sites (N-methyl/N-ethyl adjacent to an activating group) is 1. The molecule has 0 saturated carbocycles. The van der Waals surface area contributed by atoms with Gasteiger partial charge >= 0.3 is 12.2 Å². The number of hydrogen-bond donors (Lipinski definition) is 3. The van der Waals surface area contributed by atoms with E-state index < -0.39 is 35.0 Å². The van der Waals surface area contributed by atoms with Crippen molar-refractivity contribution in [1.29, 1.82) is 0 Å². The molecule has 1 heterocycles. The number of carbonyl (C=O) groups is 1. The van der Waals surface area contributed by atoms with Gasteiger partial charge in [-0.05, 0) is 49.0 Å². The third kappa shape index (κ3) is 6.86. The molecule has 210 valence electrons. The summed E-state index contributed by atoms with van der Waals surface area (Å²) in [5, 5.41) is 8.01. The quantitative estimate of drug-likeness (QED) is 0.184. The van der Waals surface area contributed by atoms with Gasteiger partial charge in [-0.3, -0.25) is 4.79 Å². The normalized spacial score (nSPS) is 11.3. The van der Waals surface area contributed by atoms with Crippen molar-refractivity contribution in [3.8, 4) is 17.2 Å². The highest BCUT2D eigenvalue weighted by Gasteiger charge is 2.33. The Labute approximate surface area is 225 Å². The van der Waals surface area contributed by atoms with Crippen LogP contribution in [-0.2, 0) is 13.2 Å². The third-order valence-corrected chi connectivity index (χ3v) is 5.61. The fraction of sp³-hybridized carbons (Fsp3) is 0.222. The number of aromatic nitrogens is 2. The molecule has 0 aliphatic carbocycles. The highest BCUT2D eigenvalue weighted by Crippen LogP contribution is 2.37. The van der Waals surface area contributed by atoms with Crippen molar-refractivity contribution in [1.82, 2.24) is 14.9 Å². The molecule has 40 heavy (non-hydrogen) atoms. The van der Waals surface area contributed by atoms with Crippen LogP contribution in [0.4, 0.5) is 33.7 Å². The number of nitrogens with one attached hydrogen (secondary N) is 3. The first kappa shape index (κ1) is 28.4. The molecule has 13 heteroatoms. The summed E-state index contributed by atoms with van der Waals surface area (Å²) in [7, 11) is 1.58. The van der Waals surface area contributed by atoms with Gasteiger partial charge in [0.05, 0.1) is 28.5 Å². The molecule has 3 N–H and O–H groups in total. The van der Waals surface area contributed by atoms with Crippen molar-refractivity contribution in [3.63, 3.8) is 0 Å². The van der Waals surface area contributed by atoms with E-state index in [-0.39, 0.29) is 17.9 Å². The first-order valence-corrected chi connectivity index (χ1v) is 12.1. The molecule has 0 bridgehead atoms. The van der Waals surface area contributed by atoms with Gasteiger partial charge in [-0.15, -0.1) is 0 Å². The Bertz CT molecular complexity index is 1590. The number of ether oxygens (including phenoxy) is 2. The number of hydrogen-bond acceptors (Lipinski definition) is 6. The average Bonchev–Trinajstić information content (AvgIpc) is 2.89. The maximum atomic E-state index is 14.6. The number of aryl methyl sites for hydroxylation is 1. The van der Waals surface area contributed by atoms with E-state index in [1.807, 2.05) is 6.92 Å². The van der Waals surface area contributed by atoms with Gasteiger partial charge in [0.25, 0.3) is 5.56 Å². The minimum atomic E-state index is -4.84. The second kappa shape index (κ2) is 12.0. The first-order valence-electron chi connectivity index (χ1n) is 12.1. The van der Waals surface area contributed by atoms with Crippen molar-refractivity contribution in [2.45, 2.75) is 13.1 Å². The Morgan fingerprint density at radius 1 is 1.05 bits per heavy atom. The lowest BCUT2D eigenvalue weighted by molar-refractivity contribution is -0.137. The number of alkyl halides is 3. The van der Waals surface area contributed by atoms with E-state index in [2.05, 4.69) is 20.9 Å². The van der Waals surface area contributed by atoms with Crippen LogP contribution >= 0.6 is 0 Å². The second-order valence-corrected chi connectivity index (χ2v) is 8.58. The monoisotopic (exact) mass is 559 g/mol. The largest absolute Gasteiger partial charge is 0.487 e. The van der Waals surface area contributed by atoms with Crippen LogP contribution in [0.5, 0.6) is 17.2 Å². The van der Waals surface area contributed by atoms with Crippen LogP contribution in [0.15, 0.2) is 65.7 Å². The summed E-state index contributed by atoms with van der Waals surface area (Å²) in [6.45, 7) is 2.74. The zero-order valence-corrected chi connectivity index (χ0v) is 21.4. The highest BCUT2D eigenvalue weighted by atomic mass is 19.4. The smallest absolute Gasteiger partial charge is 0.416 e. The molecule has 4 rings (SSSR count). The third-order valence-electron chi connectivity index (χ3n) is 5.61. The number of rotatable bonds is 9. The predicted molar refractivity (Wildman–Crippen MR) is 142 cm³/mol. The molecule has 9 nitrogen and oxygen atoms in total. The zero-order chi connectivity index (χ0) is 28.9. The van der Waals surface area contributed by atoms with Crippen molar-refractivity contribution >= 4 is 28.3 Å². The van der Waals surface area contributed by atoms with Gasteiger partial charge in [0, 0.05) is 25.3 Å². The first-order chi connectivity index (χ1) is 19.0. The van der Waals surface area contributed by atoms with E-state index in [4.69, 9.17) is 9.47 Å². The maximum absolute atomic E-state index is 14.6. The fourth-order valence-electron chi connectivity index (χ4n) is 3.71. The lowest BCUT2D eigenvalue weighted by atomic mass is 10.1. The maximum Gasteiger partial charge on any atom is 0.416 e. The fourth-order valence-corrected chi connectivity index (χ4v) is 3.71. The van der Waals surface area contributed by atoms with Crippen LogP contribution in [0, 0.1) is 5.82 Å². The molecule has 2 amide bonds. The number of fused-ring (bicyclic) bond motifs is 1. The summed E-state index contributed by atoms with van der Waals surface area (Å²) in [5.41, 5.74) is -1.29. The Morgan fingerprint density at radius 3 is 2.58 bits per heavy atom. The van der Waals surface area contributed by atoms with Crippen LogP contribution in [0.25, 0.3) is 10.9 Å². The molecule has 1 aromatic heterocycles. The zero-order valence-electron chi connectivity index (χ0n) is 21.4. The number of urea groups is 1. The van der Waals surface area contributed by atoms with E-state index in [1.54, 1.807) is 31.3 Å². The van der Waals surface area contributed by atoms with Gasteiger partial charge in [-0.1, -0.05) is 13.0 Å². The number of amides is 2. The topological polar surface area (TPSA) is 107 Å². The number of carbonyl (C=O) groups excluding carboxylic acids is 1. The summed E-state index contributed by atoms with van der Waals surface area (Å²) >= 11 is 0. The molecule has 0 spiro atoms. The van der Waals surface area contributed by atoms with Crippen LogP contribution in [0.2, 0.25) is 0 Å². The molecule has 0 aliphatic rings. The van der Waals surface area contributed by atoms with Crippen molar-refractivity contribution < 1.29 is 31.8 Å². The van der Waals surface area contributed by atoms with Crippen LogP contribution in [-0.4, -0.2) is 35.3 Å². The number of nitrogens with zero attached hydrogens (tertiary/aromatic N) is 2. The van der Waals surface area contributed by atoms with Gasteiger partial charge in [-0.2, -0.15) is 13.2 Å². The summed E-state index contributed by atoms with van der Waals surface area (Å²) in [4.78, 5) is 29.3. The lowest BCUT2D eigenvalue weighted by Gasteiger charge is -2.17. The van der Waals surface area contributed by atoms with Crippen molar-refractivity contribution in [2.24, 2.45) is 7.05 Å². The van der Waals surface area contributed by atoms with Crippen LogP contribution in [0.1, 0.15) is 12.5 Å². The summed E-state index contributed by atoms with van der Waals surface area (Å²) in [5.74, 6) is -1.14. The highest BCUT2D eigenvalue weighted by molar-refractivity contribution is 6.00. The minimum Gasteiger partial charge on any atom is -0.487 e. The summed E-state index contributed by atoms with van der Waals surface area (Å²) < 4.78 is 66.9. The molecular formula is C27H25F4N5O4. The van der Waals surface area contributed by atoms with Gasteiger partial charge in [0.2, 0.25) is 0 Å². The van der Waals surface area contributed by atoms with Crippen molar-refractivity contribution in [3.05, 3.63) is 82.7 Å². The van der Waals surface area contributed by atoms with E-state index in [0.717, 1.165) is 0 Å². The van der Waals surface area contributed by atoms with Gasteiger partial charge < -0.3 is 30.0 Å². The lowest BCUT2D eigenvalue weighted by Crippen LogP contribution is -2.23. The minimum absolute atomic E-state index is 0.0390. The molecule has 0 saturated heterocycles. The van der Waals surface area contributed by atoms with E-state index in [9.17, 15) is 27.2 Å². The molecule has 4 aromatic rings. The second-order valence-electron chi connectivity index (χ2n) is 8.58. The van der Waals surface area contributed by atoms with Gasteiger partial charge in [-0.25, -0.2) is 14.2 Å². The standard InChI is InChI=1S/C27H25F4N5O4/c1-3-32-9-10-39-24-21(28)11-16(27(29,30)31)12-23(24)35-26(38)34-17-5-4-6-18(13-17)40-19-7-8-22-20(14-19)25(37)36(2)15-33-22/h4-8,11-15,32H,3,9-10H2,1-2H3,(H2,34,35,38).